The first-order valence-corrected chi connectivity index (χ1v) is 8.92. The molecule has 3 rings (SSSR count). The fourth-order valence-corrected chi connectivity index (χ4v) is 4.94. The van der Waals surface area contributed by atoms with E-state index in [1.54, 1.807) is 0 Å². The van der Waals surface area contributed by atoms with E-state index in [4.69, 9.17) is 15.2 Å². The highest BCUT2D eigenvalue weighted by Gasteiger charge is 2.45. The Labute approximate surface area is 128 Å². The molecule has 2 aliphatic rings. The van der Waals surface area contributed by atoms with E-state index in [2.05, 4.69) is 6.07 Å². The number of hydrogen-bond donors (Lipinski definition) is 1. The minimum absolute atomic E-state index is 0.0333. The Kier molecular flexibility index (Phi) is 4.45. The second kappa shape index (κ2) is 6.16. The number of ether oxygens (including phenoxy) is 2. The molecule has 2 fully saturated rings. The van der Waals surface area contributed by atoms with Gasteiger partial charge in [-0.05, 0) is 18.9 Å². The molecule has 1 aliphatic carbocycles. The van der Waals surface area contributed by atoms with Crippen LogP contribution < -0.4 is 5.73 Å². The van der Waals surface area contributed by atoms with Gasteiger partial charge in [-0.3, -0.25) is 4.21 Å². The highest BCUT2D eigenvalue weighted by molar-refractivity contribution is 7.84. The SMILES string of the molecule is Cc1cccc(CS(=O)C2CC3(CCC2N)OCCO3)c1. The molecule has 0 aromatic heterocycles. The summed E-state index contributed by atoms with van der Waals surface area (Å²) >= 11 is 0. The molecule has 3 atom stereocenters. The molecule has 0 radical (unpaired) electrons. The normalized spacial score (nSPS) is 29.6. The van der Waals surface area contributed by atoms with Crippen LogP contribution in [0.4, 0.5) is 0 Å². The number of nitrogens with two attached hydrogens (primary N) is 1. The third kappa shape index (κ3) is 3.37. The third-order valence-corrected chi connectivity index (χ3v) is 6.20. The first kappa shape index (κ1) is 15.2. The summed E-state index contributed by atoms with van der Waals surface area (Å²) in [6.07, 6.45) is 2.27. The molecule has 1 heterocycles. The van der Waals surface area contributed by atoms with Crippen molar-refractivity contribution >= 4 is 10.8 Å². The van der Waals surface area contributed by atoms with Crippen LogP contribution in [-0.4, -0.2) is 34.5 Å². The highest BCUT2D eigenvalue weighted by atomic mass is 32.2. The molecule has 5 heteroatoms. The lowest BCUT2D eigenvalue weighted by molar-refractivity contribution is -0.177. The topological polar surface area (TPSA) is 61.6 Å². The molecule has 0 amide bonds. The van der Waals surface area contributed by atoms with E-state index in [9.17, 15) is 4.21 Å². The maximum atomic E-state index is 12.7. The van der Waals surface area contributed by atoms with Crippen LogP contribution in [0.1, 0.15) is 30.4 Å². The smallest absolute Gasteiger partial charge is 0.169 e. The second-order valence-electron chi connectivity index (χ2n) is 6.07. The molecule has 1 aliphatic heterocycles. The molecule has 3 unspecified atom stereocenters. The van der Waals surface area contributed by atoms with E-state index >= 15 is 0 Å². The average molecular weight is 309 g/mol. The van der Waals surface area contributed by atoms with Gasteiger partial charge in [-0.2, -0.15) is 0 Å². The Morgan fingerprint density at radius 2 is 2.14 bits per heavy atom. The van der Waals surface area contributed by atoms with Gasteiger partial charge >= 0.3 is 0 Å². The number of benzene rings is 1. The van der Waals surface area contributed by atoms with Crippen molar-refractivity contribution in [3.63, 3.8) is 0 Å². The molecular formula is C16H23NO3S. The van der Waals surface area contributed by atoms with Crippen molar-refractivity contribution in [2.45, 2.75) is 49.0 Å². The molecule has 1 saturated carbocycles. The lowest BCUT2D eigenvalue weighted by Gasteiger charge is -2.39. The summed E-state index contributed by atoms with van der Waals surface area (Å²) in [7, 11) is -1.00. The minimum atomic E-state index is -1.00. The highest BCUT2D eigenvalue weighted by Crippen LogP contribution is 2.37. The number of rotatable bonds is 3. The molecular weight excluding hydrogens is 286 g/mol. The fraction of sp³-hybridized carbons (Fsp3) is 0.625. The Bertz CT molecular complexity index is 528. The Hall–Kier alpha value is -0.750. The first-order chi connectivity index (χ1) is 10.1. The molecule has 0 bridgehead atoms. The van der Waals surface area contributed by atoms with Crippen LogP contribution in [0.3, 0.4) is 0 Å². The molecule has 21 heavy (non-hydrogen) atoms. The van der Waals surface area contributed by atoms with Gasteiger partial charge in [0.1, 0.15) is 0 Å². The largest absolute Gasteiger partial charge is 0.347 e. The average Bonchev–Trinajstić information content (AvgIpc) is 2.90. The standard InChI is InChI=1S/C16H23NO3S/c1-12-3-2-4-13(9-12)11-21(18)15-10-16(6-5-14(15)17)19-7-8-20-16/h2-4,9,14-15H,5-8,10-11,17H2,1H3. The lowest BCUT2D eigenvalue weighted by atomic mass is 9.90. The van der Waals surface area contributed by atoms with E-state index in [-0.39, 0.29) is 11.3 Å². The van der Waals surface area contributed by atoms with Gasteiger partial charge in [-0.1, -0.05) is 29.8 Å². The molecule has 2 N–H and O–H groups in total. The molecule has 1 spiro atoms. The fourth-order valence-electron chi connectivity index (χ4n) is 3.25. The Balaban J connectivity index is 1.70. The van der Waals surface area contributed by atoms with Gasteiger partial charge in [-0.15, -0.1) is 0 Å². The monoisotopic (exact) mass is 309 g/mol. The molecule has 4 nitrogen and oxygen atoms in total. The predicted octanol–water partition coefficient (Wildman–Crippen LogP) is 1.87. The lowest BCUT2D eigenvalue weighted by Crippen LogP contribution is -2.50. The van der Waals surface area contributed by atoms with Gasteiger partial charge < -0.3 is 15.2 Å². The van der Waals surface area contributed by atoms with E-state index < -0.39 is 16.6 Å². The summed E-state index contributed by atoms with van der Waals surface area (Å²) in [5.41, 5.74) is 8.51. The Morgan fingerprint density at radius 3 is 2.86 bits per heavy atom. The maximum absolute atomic E-state index is 12.7. The van der Waals surface area contributed by atoms with Crippen LogP contribution in [0.15, 0.2) is 24.3 Å². The van der Waals surface area contributed by atoms with Crippen molar-refractivity contribution in [3.8, 4) is 0 Å². The molecule has 1 aromatic rings. The molecule has 1 aromatic carbocycles. The quantitative estimate of drug-likeness (QED) is 0.926. The summed E-state index contributed by atoms with van der Waals surface area (Å²) in [6, 6.07) is 8.14. The van der Waals surface area contributed by atoms with E-state index in [1.165, 1.54) is 5.56 Å². The van der Waals surface area contributed by atoms with Crippen molar-refractivity contribution in [2.75, 3.05) is 13.2 Å². The zero-order valence-electron chi connectivity index (χ0n) is 12.4. The van der Waals surface area contributed by atoms with Gasteiger partial charge in [0.05, 0.1) is 18.5 Å². The first-order valence-electron chi connectivity index (χ1n) is 7.54. The molecule has 1 saturated heterocycles. The van der Waals surface area contributed by atoms with E-state index in [0.29, 0.717) is 25.4 Å². The molecule has 116 valence electrons. The second-order valence-corrected chi connectivity index (χ2v) is 7.72. The van der Waals surface area contributed by atoms with Gasteiger partial charge in [-0.25, -0.2) is 0 Å². The Morgan fingerprint density at radius 1 is 1.38 bits per heavy atom. The summed E-state index contributed by atoms with van der Waals surface area (Å²) in [5.74, 6) is 0.0267. The van der Waals surface area contributed by atoms with Gasteiger partial charge in [0.25, 0.3) is 0 Å². The summed E-state index contributed by atoms with van der Waals surface area (Å²) < 4.78 is 24.3. The predicted molar refractivity (Wildman–Crippen MR) is 83.3 cm³/mol. The van der Waals surface area contributed by atoms with Crippen LogP contribution in [0, 0.1) is 6.92 Å². The van der Waals surface area contributed by atoms with Crippen LogP contribution >= 0.6 is 0 Å². The van der Waals surface area contributed by atoms with Gasteiger partial charge in [0, 0.05) is 35.4 Å². The van der Waals surface area contributed by atoms with Crippen molar-refractivity contribution in [2.24, 2.45) is 5.73 Å². The van der Waals surface area contributed by atoms with Crippen molar-refractivity contribution in [1.82, 2.24) is 0 Å². The van der Waals surface area contributed by atoms with Crippen molar-refractivity contribution < 1.29 is 13.7 Å². The third-order valence-electron chi connectivity index (χ3n) is 4.39. The summed E-state index contributed by atoms with van der Waals surface area (Å²) in [4.78, 5) is 0. The van der Waals surface area contributed by atoms with Crippen LogP contribution in [0.5, 0.6) is 0 Å². The van der Waals surface area contributed by atoms with Crippen LogP contribution in [0.25, 0.3) is 0 Å². The number of aryl methyl sites for hydroxylation is 1. The van der Waals surface area contributed by atoms with Crippen molar-refractivity contribution in [3.05, 3.63) is 35.4 Å². The van der Waals surface area contributed by atoms with E-state index in [1.807, 2.05) is 25.1 Å². The van der Waals surface area contributed by atoms with Gasteiger partial charge in [0.15, 0.2) is 5.79 Å². The zero-order valence-corrected chi connectivity index (χ0v) is 13.2. The summed E-state index contributed by atoms with van der Waals surface area (Å²) in [5, 5.41) is -0.0580. The number of hydrogen-bond acceptors (Lipinski definition) is 4. The van der Waals surface area contributed by atoms with E-state index in [0.717, 1.165) is 18.4 Å². The van der Waals surface area contributed by atoms with Crippen LogP contribution in [0.2, 0.25) is 0 Å². The minimum Gasteiger partial charge on any atom is -0.347 e. The van der Waals surface area contributed by atoms with Gasteiger partial charge in [0.2, 0.25) is 0 Å². The summed E-state index contributed by atoms with van der Waals surface area (Å²) in [6.45, 7) is 3.31. The zero-order chi connectivity index (χ0) is 14.9. The van der Waals surface area contributed by atoms with Crippen molar-refractivity contribution in [1.29, 1.82) is 0 Å². The van der Waals surface area contributed by atoms with Crippen LogP contribution in [-0.2, 0) is 26.0 Å². The maximum Gasteiger partial charge on any atom is 0.169 e.